The Morgan fingerprint density at radius 1 is 1.16 bits per heavy atom. The summed E-state index contributed by atoms with van der Waals surface area (Å²) in [7, 11) is 0. The van der Waals surface area contributed by atoms with Gasteiger partial charge in [-0.2, -0.15) is 0 Å². The predicted octanol–water partition coefficient (Wildman–Crippen LogP) is 2.98. The molecule has 2 heterocycles. The van der Waals surface area contributed by atoms with Gasteiger partial charge < -0.3 is 0 Å². The molecular formula is C15H15FN2O. The van der Waals surface area contributed by atoms with Gasteiger partial charge in [-0.05, 0) is 36.6 Å². The van der Waals surface area contributed by atoms with Crippen LogP contribution < -0.4 is 0 Å². The van der Waals surface area contributed by atoms with E-state index in [0.29, 0.717) is 5.70 Å². The maximum absolute atomic E-state index is 12.8. The average molecular weight is 258 g/mol. The van der Waals surface area contributed by atoms with Gasteiger partial charge in [0, 0.05) is 13.0 Å². The summed E-state index contributed by atoms with van der Waals surface area (Å²) in [6.45, 7) is 0.762. The number of amidine groups is 1. The molecule has 0 saturated carbocycles. The highest BCUT2D eigenvalue weighted by Crippen LogP contribution is 2.24. The van der Waals surface area contributed by atoms with Crippen molar-refractivity contribution in [3.63, 3.8) is 0 Å². The number of halogens is 1. The number of rotatable bonds is 1. The van der Waals surface area contributed by atoms with Crippen molar-refractivity contribution >= 4 is 17.8 Å². The molecule has 2 aliphatic heterocycles. The van der Waals surface area contributed by atoms with Crippen LogP contribution in [0.5, 0.6) is 0 Å². The first-order valence-corrected chi connectivity index (χ1v) is 6.61. The highest BCUT2D eigenvalue weighted by molar-refractivity contribution is 6.14. The summed E-state index contributed by atoms with van der Waals surface area (Å²) in [5.41, 5.74) is 1.26. The molecule has 0 unspecified atom stereocenters. The van der Waals surface area contributed by atoms with E-state index in [1.807, 2.05) is 0 Å². The lowest BCUT2D eigenvalue weighted by Crippen LogP contribution is -2.31. The molecule has 1 saturated heterocycles. The van der Waals surface area contributed by atoms with Gasteiger partial charge in [0.2, 0.25) is 0 Å². The molecule has 1 fully saturated rings. The summed E-state index contributed by atoms with van der Waals surface area (Å²) in [5.74, 6) is 0.581. The summed E-state index contributed by atoms with van der Waals surface area (Å²) < 4.78 is 12.8. The minimum Gasteiger partial charge on any atom is -0.295 e. The number of nitrogens with zero attached hydrogens (tertiary/aromatic N) is 2. The van der Waals surface area contributed by atoms with Gasteiger partial charge in [-0.25, -0.2) is 9.38 Å². The van der Waals surface area contributed by atoms with Crippen LogP contribution in [0.25, 0.3) is 6.08 Å². The normalized spacial score (nSPS) is 21.3. The Morgan fingerprint density at radius 2 is 1.95 bits per heavy atom. The maximum atomic E-state index is 12.8. The van der Waals surface area contributed by atoms with Crippen molar-refractivity contribution in [2.24, 2.45) is 4.99 Å². The molecule has 1 amide bonds. The molecule has 1 aromatic rings. The Labute approximate surface area is 111 Å². The minimum atomic E-state index is -0.278. The van der Waals surface area contributed by atoms with Crippen LogP contribution in [0.1, 0.15) is 31.2 Å². The lowest BCUT2D eigenvalue weighted by atomic mass is 10.2. The number of hydrogen-bond donors (Lipinski definition) is 0. The highest BCUT2D eigenvalue weighted by Gasteiger charge is 2.30. The van der Waals surface area contributed by atoms with E-state index in [1.165, 1.54) is 12.1 Å². The van der Waals surface area contributed by atoms with Crippen LogP contribution in [0.3, 0.4) is 0 Å². The fraction of sp³-hybridized carbons (Fsp3) is 0.333. The number of hydrogen-bond acceptors (Lipinski definition) is 2. The van der Waals surface area contributed by atoms with Gasteiger partial charge in [0.15, 0.2) is 0 Å². The number of carbonyl (C=O) groups excluding carboxylic acids is 1. The Morgan fingerprint density at radius 3 is 2.74 bits per heavy atom. The van der Waals surface area contributed by atoms with E-state index in [4.69, 9.17) is 0 Å². The third kappa shape index (κ3) is 2.43. The molecule has 4 heteroatoms. The van der Waals surface area contributed by atoms with Crippen molar-refractivity contribution in [3.05, 3.63) is 41.3 Å². The summed E-state index contributed by atoms with van der Waals surface area (Å²) in [5, 5.41) is 0. The first kappa shape index (κ1) is 12.1. The topological polar surface area (TPSA) is 32.7 Å². The monoisotopic (exact) mass is 258 g/mol. The number of aliphatic imine (C=N–C) groups is 1. The van der Waals surface area contributed by atoms with Crippen LogP contribution in [0, 0.1) is 5.82 Å². The molecule has 0 N–H and O–H groups in total. The quantitative estimate of drug-likeness (QED) is 0.713. The second-order valence-corrected chi connectivity index (χ2v) is 4.88. The second kappa shape index (κ2) is 4.96. The minimum absolute atomic E-state index is 0.0266. The molecule has 0 bridgehead atoms. The van der Waals surface area contributed by atoms with Crippen molar-refractivity contribution in [1.29, 1.82) is 0 Å². The molecule has 0 aliphatic carbocycles. The van der Waals surface area contributed by atoms with E-state index in [9.17, 15) is 9.18 Å². The SMILES string of the molecule is O=C1C(=Cc2ccc(F)cc2)N=C2CCCCCN12. The zero-order valence-corrected chi connectivity index (χ0v) is 10.6. The largest absolute Gasteiger partial charge is 0.295 e. The van der Waals surface area contributed by atoms with Crippen LogP contribution in [-0.2, 0) is 4.79 Å². The lowest BCUT2D eigenvalue weighted by molar-refractivity contribution is -0.122. The molecule has 0 spiro atoms. The first-order chi connectivity index (χ1) is 9.24. The maximum Gasteiger partial charge on any atom is 0.277 e. The smallest absolute Gasteiger partial charge is 0.277 e. The zero-order valence-electron chi connectivity index (χ0n) is 10.6. The van der Waals surface area contributed by atoms with Crippen LogP contribution in [0.4, 0.5) is 4.39 Å². The molecule has 1 aromatic carbocycles. The number of carbonyl (C=O) groups is 1. The Bertz CT molecular complexity index is 560. The lowest BCUT2D eigenvalue weighted by Gasteiger charge is -2.13. The standard InChI is InChI=1S/C15H15FN2O/c16-12-7-5-11(6-8-12)10-13-15(19)18-9-3-1-2-4-14(18)17-13/h5-8,10H,1-4,9H2. The van der Waals surface area contributed by atoms with E-state index in [1.54, 1.807) is 23.1 Å². The number of amides is 1. The molecule has 98 valence electrons. The summed E-state index contributed by atoms with van der Waals surface area (Å²) in [6, 6.07) is 6.08. The van der Waals surface area contributed by atoms with Crippen LogP contribution in [0.15, 0.2) is 35.0 Å². The molecular weight excluding hydrogens is 243 g/mol. The van der Waals surface area contributed by atoms with Gasteiger partial charge in [0.1, 0.15) is 17.3 Å². The Balaban J connectivity index is 1.89. The first-order valence-electron chi connectivity index (χ1n) is 6.61. The Kier molecular flexibility index (Phi) is 3.15. The van der Waals surface area contributed by atoms with Crippen LogP contribution >= 0.6 is 0 Å². The number of fused-ring (bicyclic) bond motifs is 1. The van der Waals surface area contributed by atoms with Gasteiger partial charge in [-0.3, -0.25) is 9.69 Å². The zero-order chi connectivity index (χ0) is 13.2. The summed E-state index contributed by atoms with van der Waals surface area (Å²) in [6.07, 6.45) is 5.87. The predicted molar refractivity (Wildman–Crippen MR) is 72.0 cm³/mol. The fourth-order valence-corrected chi connectivity index (χ4v) is 2.46. The third-order valence-corrected chi connectivity index (χ3v) is 3.48. The molecule has 0 aromatic heterocycles. The van der Waals surface area contributed by atoms with Gasteiger partial charge >= 0.3 is 0 Å². The number of benzene rings is 1. The van der Waals surface area contributed by atoms with E-state index >= 15 is 0 Å². The van der Waals surface area contributed by atoms with Gasteiger partial charge in [-0.15, -0.1) is 0 Å². The molecule has 19 heavy (non-hydrogen) atoms. The molecule has 3 nitrogen and oxygen atoms in total. The summed E-state index contributed by atoms with van der Waals surface area (Å²) >= 11 is 0. The van der Waals surface area contributed by atoms with E-state index in [2.05, 4.69) is 4.99 Å². The average Bonchev–Trinajstić information content (AvgIpc) is 2.60. The fourth-order valence-electron chi connectivity index (χ4n) is 2.46. The van der Waals surface area contributed by atoms with E-state index in [0.717, 1.165) is 43.6 Å². The van der Waals surface area contributed by atoms with Crippen LogP contribution in [0.2, 0.25) is 0 Å². The van der Waals surface area contributed by atoms with Crippen molar-refractivity contribution < 1.29 is 9.18 Å². The molecule has 2 aliphatic rings. The molecule has 0 radical (unpaired) electrons. The Hall–Kier alpha value is -1.97. The van der Waals surface area contributed by atoms with Crippen molar-refractivity contribution in [3.8, 4) is 0 Å². The third-order valence-electron chi connectivity index (χ3n) is 3.48. The van der Waals surface area contributed by atoms with E-state index < -0.39 is 0 Å². The van der Waals surface area contributed by atoms with Crippen molar-refractivity contribution in [2.75, 3.05) is 6.54 Å². The van der Waals surface area contributed by atoms with Crippen LogP contribution in [-0.4, -0.2) is 23.2 Å². The molecule has 0 atom stereocenters. The second-order valence-electron chi connectivity index (χ2n) is 4.88. The van der Waals surface area contributed by atoms with Gasteiger partial charge in [-0.1, -0.05) is 18.6 Å². The van der Waals surface area contributed by atoms with Gasteiger partial charge in [0.05, 0.1) is 0 Å². The van der Waals surface area contributed by atoms with Gasteiger partial charge in [0.25, 0.3) is 5.91 Å². The van der Waals surface area contributed by atoms with E-state index in [-0.39, 0.29) is 11.7 Å². The highest BCUT2D eigenvalue weighted by atomic mass is 19.1. The summed E-state index contributed by atoms with van der Waals surface area (Å²) in [4.78, 5) is 18.4. The van der Waals surface area contributed by atoms with Crippen molar-refractivity contribution in [2.45, 2.75) is 25.7 Å². The molecule has 3 rings (SSSR count). The van der Waals surface area contributed by atoms with Crippen molar-refractivity contribution in [1.82, 2.24) is 4.90 Å².